The molecule has 0 radical (unpaired) electrons. The number of hydrogen-bond donors (Lipinski definition) is 3. The predicted molar refractivity (Wildman–Crippen MR) is 75.4 cm³/mol. The molecule has 110 valence electrons. The minimum Gasteiger partial charge on any atom is -0.394 e. The molecule has 0 spiro atoms. The van der Waals surface area contributed by atoms with E-state index >= 15 is 0 Å². The second-order valence-electron chi connectivity index (χ2n) is 4.85. The Morgan fingerprint density at radius 2 is 2.30 bits per heavy atom. The van der Waals surface area contributed by atoms with E-state index in [-0.39, 0.29) is 24.2 Å². The number of nitrogens with zero attached hydrogens (tertiary/aromatic N) is 3. The Labute approximate surface area is 116 Å². The molecule has 1 aromatic rings. The Morgan fingerprint density at radius 3 is 2.95 bits per heavy atom. The lowest BCUT2D eigenvalue weighted by atomic mass is 10.1. The average molecular weight is 281 g/mol. The zero-order valence-electron chi connectivity index (χ0n) is 11.2. The van der Waals surface area contributed by atoms with Crippen LogP contribution in [-0.2, 0) is 0 Å². The van der Waals surface area contributed by atoms with Crippen molar-refractivity contribution in [3.8, 4) is 0 Å². The van der Waals surface area contributed by atoms with Crippen LogP contribution in [0.2, 0.25) is 0 Å². The van der Waals surface area contributed by atoms with E-state index < -0.39 is 4.92 Å². The van der Waals surface area contributed by atoms with Crippen molar-refractivity contribution in [2.24, 2.45) is 5.84 Å². The number of nitrogens with one attached hydrogen (secondary N) is 1. The first kappa shape index (κ1) is 14.5. The number of aromatic nitrogens is 1. The summed E-state index contributed by atoms with van der Waals surface area (Å²) in [5.74, 6) is 6.04. The van der Waals surface area contributed by atoms with E-state index in [1.807, 2.05) is 4.90 Å². The molecule has 1 aliphatic heterocycles. The van der Waals surface area contributed by atoms with E-state index in [0.717, 1.165) is 32.2 Å². The maximum Gasteiger partial charge on any atom is 0.276 e. The van der Waals surface area contributed by atoms with E-state index in [1.165, 1.54) is 12.1 Å². The molecular weight excluding hydrogens is 262 g/mol. The van der Waals surface area contributed by atoms with Crippen LogP contribution in [0.5, 0.6) is 0 Å². The minimum atomic E-state index is -0.474. The predicted octanol–water partition coefficient (Wildman–Crippen LogP) is 1.02. The number of rotatable bonds is 4. The molecule has 1 fully saturated rings. The third-order valence-corrected chi connectivity index (χ3v) is 3.54. The highest BCUT2D eigenvalue weighted by atomic mass is 16.6. The zero-order valence-corrected chi connectivity index (χ0v) is 11.2. The fourth-order valence-corrected chi connectivity index (χ4v) is 2.50. The third kappa shape index (κ3) is 3.14. The molecule has 0 aromatic carbocycles. The van der Waals surface area contributed by atoms with Gasteiger partial charge in [-0.15, -0.1) is 0 Å². The van der Waals surface area contributed by atoms with Crippen LogP contribution in [-0.4, -0.2) is 34.2 Å². The van der Waals surface area contributed by atoms with Gasteiger partial charge in [-0.3, -0.25) is 10.1 Å². The topological polar surface area (TPSA) is 118 Å². The Morgan fingerprint density at radius 1 is 1.50 bits per heavy atom. The number of anilines is 2. The number of nitro groups is 1. The molecule has 1 saturated heterocycles. The summed E-state index contributed by atoms with van der Waals surface area (Å²) in [6, 6.07) is 2.65. The summed E-state index contributed by atoms with van der Waals surface area (Å²) in [6.07, 6.45) is 3.96. The Bertz CT molecular complexity index is 482. The Kier molecular flexibility index (Phi) is 4.70. The largest absolute Gasteiger partial charge is 0.394 e. The van der Waals surface area contributed by atoms with Gasteiger partial charge in [-0.05, 0) is 12.8 Å². The van der Waals surface area contributed by atoms with Crippen LogP contribution < -0.4 is 16.2 Å². The molecule has 0 bridgehead atoms. The van der Waals surface area contributed by atoms with Gasteiger partial charge in [-0.25, -0.2) is 10.8 Å². The van der Waals surface area contributed by atoms with Gasteiger partial charge < -0.3 is 15.4 Å². The summed E-state index contributed by atoms with van der Waals surface area (Å²) in [6.45, 7) is 0.735. The standard InChI is InChI=1S/C12H19N5O3/c13-15-11-6-10(17(19)20)7-12(14-11)16-5-3-1-2-4-9(16)8-18/h6-7,9,18H,1-5,8,13H2,(H,14,15). The normalized spacial score (nSPS) is 19.5. The van der Waals surface area contributed by atoms with Crippen LogP contribution in [0, 0.1) is 10.1 Å². The number of hydrazine groups is 1. The lowest BCUT2D eigenvalue weighted by molar-refractivity contribution is -0.384. The minimum absolute atomic E-state index is 0.00968. The van der Waals surface area contributed by atoms with Gasteiger partial charge in [0.25, 0.3) is 5.69 Å². The van der Waals surface area contributed by atoms with Crippen molar-refractivity contribution in [2.75, 3.05) is 23.5 Å². The first-order valence-electron chi connectivity index (χ1n) is 6.66. The van der Waals surface area contributed by atoms with E-state index in [2.05, 4.69) is 10.4 Å². The molecule has 1 atom stereocenters. The number of nitrogens with two attached hydrogens (primary N) is 1. The fraction of sp³-hybridized carbons (Fsp3) is 0.583. The molecule has 0 saturated carbocycles. The summed E-state index contributed by atoms with van der Waals surface area (Å²) < 4.78 is 0. The van der Waals surface area contributed by atoms with Gasteiger partial charge in [0.2, 0.25) is 0 Å². The highest BCUT2D eigenvalue weighted by molar-refractivity contribution is 5.56. The Hall–Kier alpha value is -1.93. The van der Waals surface area contributed by atoms with Crippen molar-refractivity contribution in [1.82, 2.24) is 4.98 Å². The summed E-state index contributed by atoms with van der Waals surface area (Å²) in [5, 5.41) is 20.5. The van der Waals surface area contributed by atoms with Crippen molar-refractivity contribution in [1.29, 1.82) is 0 Å². The van der Waals surface area contributed by atoms with Crippen molar-refractivity contribution in [3.05, 3.63) is 22.2 Å². The molecule has 1 unspecified atom stereocenters. The van der Waals surface area contributed by atoms with Crippen molar-refractivity contribution in [2.45, 2.75) is 31.7 Å². The maximum absolute atomic E-state index is 11.0. The molecule has 20 heavy (non-hydrogen) atoms. The molecule has 8 heteroatoms. The van der Waals surface area contributed by atoms with Gasteiger partial charge in [0.05, 0.1) is 29.7 Å². The smallest absolute Gasteiger partial charge is 0.276 e. The zero-order chi connectivity index (χ0) is 14.5. The second kappa shape index (κ2) is 6.49. The van der Waals surface area contributed by atoms with E-state index in [4.69, 9.17) is 5.84 Å². The number of aliphatic hydroxyl groups excluding tert-OH is 1. The number of nitrogen functional groups attached to an aromatic ring is 1. The molecule has 4 N–H and O–H groups in total. The molecule has 0 aliphatic carbocycles. The maximum atomic E-state index is 11.0. The SMILES string of the molecule is NNc1cc([N+](=O)[O-])cc(N2CCCCCC2CO)n1. The van der Waals surface area contributed by atoms with Crippen molar-refractivity contribution < 1.29 is 10.0 Å². The summed E-state index contributed by atoms with van der Waals surface area (Å²) in [4.78, 5) is 16.7. The second-order valence-corrected chi connectivity index (χ2v) is 4.85. The van der Waals surface area contributed by atoms with Crippen molar-refractivity contribution in [3.63, 3.8) is 0 Å². The quantitative estimate of drug-likeness (QED) is 0.428. The third-order valence-electron chi connectivity index (χ3n) is 3.54. The van der Waals surface area contributed by atoms with Gasteiger partial charge in [0.1, 0.15) is 11.6 Å². The van der Waals surface area contributed by atoms with Crippen LogP contribution in [0.3, 0.4) is 0 Å². The molecular formula is C12H19N5O3. The highest BCUT2D eigenvalue weighted by Gasteiger charge is 2.24. The lowest BCUT2D eigenvalue weighted by Gasteiger charge is -2.29. The van der Waals surface area contributed by atoms with Gasteiger partial charge in [0.15, 0.2) is 0 Å². The van der Waals surface area contributed by atoms with Crippen molar-refractivity contribution >= 4 is 17.3 Å². The molecule has 1 aromatic heterocycles. The van der Waals surface area contributed by atoms with Crippen LogP contribution >= 0.6 is 0 Å². The van der Waals surface area contributed by atoms with E-state index in [9.17, 15) is 15.2 Å². The van der Waals surface area contributed by atoms with Gasteiger partial charge in [-0.2, -0.15) is 0 Å². The number of pyridine rings is 1. The summed E-state index contributed by atoms with van der Waals surface area (Å²) in [5.41, 5.74) is 2.28. The van der Waals surface area contributed by atoms with Crippen LogP contribution in [0.4, 0.5) is 17.3 Å². The lowest BCUT2D eigenvalue weighted by Crippen LogP contribution is -2.38. The van der Waals surface area contributed by atoms with Gasteiger partial charge >= 0.3 is 0 Å². The Balaban J connectivity index is 2.37. The number of hydrogen-bond acceptors (Lipinski definition) is 7. The van der Waals surface area contributed by atoms with Crippen LogP contribution in [0.1, 0.15) is 25.7 Å². The molecule has 0 amide bonds. The first-order valence-corrected chi connectivity index (χ1v) is 6.66. The molecule has 2 rings (SSSR count). The van der Waals surface area contributed by atoms with Crippen LogP contribution in [0.25, 0.3) is 0 Å². The van der Waals surface area contributed by atoms with E-state index in [0.29, 0.717) is 5.82 Å². The highest BCUT2D eigenvalue weighted by Crippen LogP contribution is 2.27. The fourth-order valence-electron chi connectivity index (χ4n) is 2.50. The monoisotopic (exact) mass is 281 g/mol. The first-order chi connectivity index (χ1) is 9.65. The van der Waals surface area contributed by atoms with Gasteiger partial charge in [0, 0.05) is 6.54 Å². The van der Waals surface area contributed by atoms with Crippen LogP contribution in [0.15, 0.2) is 12.1 Å². The summed E-state index contributed by atoms with van der Waals surface area (Å²) in [7, 11) is 0. The summed E-state index contributed by atoms with van der Waals surface area (Å²) >= 11 is 0. The average Bonchev–Trinajstić information content (AvgIpc) is 2.71. The molecule has 8 nitrogen and oxygen atoms in total. The van der Waals surface area contributed by atoms with E-state index in [1.54, 1.807) is 0 Å². The molecule has 2 heterocycles. The number of aliphatic hydroxyl groups is 1. The van der Waals surface area contributed by atoms with Gasteiger partial charge in [-0.1, -0.05) is 12.8 Å². The molecule has 1 aliphatic rings.